The lowest BCUT2D eigenvalue weighted by Gasteiger charge is -2.39. The Morgan fingerprint density at radius 2 is 1.12 bits per heavy atom. The number of unbranched alkanes of at least 4 members (excludes halogenated alkanes) is 4. The van der Waals surface area contributed by atoms with Crippen LogP contribution in [0.5, 0.6) is 0 Å². The molecule has 0 radical (unpaired) electrons. The normalized spacial score (nSPS) is 11.1. The van der Waals surface area contributed by atoms with Gasteiger partial charge in [0.25, 0.3) is 0 Å². The van der Waals surface area contributed by atoms with Gasteiger partial charge in [-0.1, -0.05) is 90.1 Å². The smallest absolute Gasteiger partial charge is 0.104 e. The molecule has 1 rings (SSSR count). The van der Waals surface area contributed by atoms with Gasteiger partial charge in [-0.15, -0.1) is 6.61 Å². The molecule has 0 fully saturated rings. The largest absolute Gasteiger partial charge is 0.854 e. The van der Waals surface area contributed by atoms with Gasteiger partial charge in [-0.05, 0) is 19.3 Å². The molecular formula is C23H43NO. The molecule has 2 heteroatoms. The summed E-state index contributed by atoms with van der Waals surface area (Å²) in [6.45, 7) is 14.3. The Morgan fingerprint density at radius 3 is 1.44 bits per heavy atom. The maximum atomic E-state index is 9.53. The topological polar surface area (TPSA) is 23.1 Å². The zero-order valence-electron chi connectivity index (χ0n) is 17.4. The van der Waals surface area contributed by atoms with E-state index in [-0.39, 0.29) is 6.61 Å². The number of hydrogen-bond acceptors (Lipinski definition) is 1. The molecule has 0 heterocycles. The minimum absolute atomic E-state index is 0.0938. The third-order valence-corrected chi connectivity index (χ3v) is 4.82. The fraction of sp³-hybridized carbons (Fsp3) is 0.739. The van der Waals surface area contributed by atoms with Crippen molar-refractivity contribution in [3.05, 3.63) is 35.9 Å². The van der Waals surface area contributed by atoms with Crippen LogP contribution in [-0.4, -0.2) is 30.7 Å². The Hall–Kier alpha value is -0.860. The van der Waals surface area contributed by atoms with Gasteiger partial charge in [0, 0.05) is 5.56 Å². The van der Waals surface area contributed by atoms with Gasteiger partial charge in [-0.2, -0.15) is 0 Å². The van der Waals surface area contributed by atoms with Crippen LogP contribution in [0.1, 0.15) is 84.6 Å². The van der Waals surface area contributed by atoms with Crippen LogP contribution in [0.4, 0.5) is 0 Å². The van der Waals surface area contributed by atoms with Crippen molar-refractivity contribution < 1.29 is 9.59 Å². The van der Waals surface area contributed by atoms with E-state index in [2.05, 4.69) is 51.1 Å². The fourth-order valence-corrected chi connectivity index (χ4v) is 3.17. The van der Waals surface area contributed by atoms with Crippen molar-refractivity contribution in [3.8, 4) is 0 Å². The predicted octanol–water partition coefficient (Wildman–Crippen LogP) is 5.55. The summed E-state index contributed by atoms with van der Waals surface area (Å²) in [5, 5.41) is 9.53. The van der Waals surface area contributed by atoms with E-state index in [1.807, 2.05) is 6.92 Å². The number of nitrogens with zero attached hydrogens (tertiary/aromatic N) is 1. The zero-order valence-corrected chi connectivity index (χ0v) is 17.4. The fourth-order valence-electron chi connectivity index (χ4n) is 3.17. The van der Waals surface area contributed by atoms with Gasteiger partial charge in [0.15, 0.2) is 0 Å². The molecule has 2 nitrogen and oxygen atoms in total. The van der Waals surface area contributed by atoms with E-state index in [4.69, 9.17) is 0 Å². The molecule has 25 heavy (non-hydrogen) atoms. The molecule has 0 N–H and O–H groups in total. The summed E-state index contributed by atoms with van der Waals surface area (Å²) in [4.78, 5) is 0. The summed E-state index contributed by atoms with van der Waals surface area (Å²) in [7, 11) is 0. The first-order chi connectivity index (χ1) is 12.2. The SMILES string of the molecule is CCCC[N+](CCCC)(CCCC)Cc1ccccc1.CCCC[O-]. The minimum atomic E-state index is 0.0938. The van der Waals surface area contributed by atoms with Crippen LogP contribution in [0.25, 0.3) is 0 Å². The number of hydrogen-bond donors (Lipinski definition) is 0. The molecule has 0 aliphatic rings. The van der Waals surface area contributed by atoms with Crippen molar-refractivity contribution in [1.29, 1.82) is 0 Å². The van der Waals surface area contributed by atoms with Gasteiger partial charge in [0.2, 0.25) is 0 Å². The molecule has 0 aliphatic carbocycles. The van der Waals surface area contributed by atoms with Gasteiger partial charge < -0.3 is 9.59 Å². The Bertz CT molecular complexity index is 353. The highest BCUT2D eigenvalue weighted by atomic mass is 16.2. The molecule has 0 saturated carbocycles. The molecule has 0 aromatic heterocycles. The van der Waals surface area contributed by atoms with Gasteiger partial charge >= 0.3 is 0 Å². The van der Waals surface area contributed by atoms with Crippen molar-refractivity contribution in [2.75, 3.05) is 26.2 Å². The first-order valence-corrected chi connectivity index (χ1v) is 10.6. The van der Waals surface area contributed by atoms with Crippen molar-refractivity contribution in [2.45, 2.75) is 85.6 Å². The van der Waals surface area contributed by atoms with Crippen molar-refractivity contribution in [3.63, 3.8) is 0 Å². The summed E-state index contributed by atoms with van der Waals surface area (Å²) in [6, 6.07) is 11.1. The first kappa shape index (κ1) is 24.1. The van der Waals surface area contributed by atoms with Gasteiger partial charge in [0.05, 0.1) is 19.6 Å². The molecular weight excluding hydrogens is 306 g/mol. The lowest BCUT2D eigenvalue weighted by molar-refractivity contribution is -0.941. The first-order valence-electron chi connectivity index (χ1n) is 10.6. The second-order valence-electron chi connectivity index (χ2n) is 7.27. The highest BCUT2D eigenvalue weighted by molar-refractivity contribution is 5.13. The van der Waals surface area contributed by atoms with Crippen molar-refractivity contribution in [2.24, 2.45) is 0 Å². The van der Waals surface area contributed by atoms with Crippen molar-refractivity contribution >= 4 is 0 Å². The van der Waals surface area contributed by atoms with Crippen LogP contribution < -0.4 is 5.11 Å². The average Bonchev–Trinajstić information content (AvgIpc) is 2.65. The Morgan fingerprint density at radius 1 is 0.680 bits per heavy atom. The quantitative estimate of drug-likeness (QED) is 0.428. The van der Waals surface area contributed by atoms with Crippen LogP contribution >= 0.6 is 0 Å². The molecule has 0 spiro atoms. The molecule has 0 amide bonds. The molecule has 0 bridgehead atoms. The zero-order chi connectivity index (χ0) is 18.8. The highest BCUT2D eigenvalue weighted by Gasteiger charge is 2.25. The van der Waals surface area contributed by atoms with Crippen LogP contribution in [0.3, 0.4) is 0 Å². The van der Waals surface area contributed by atoms with E-state index in [1.165, 1.54) is 74.8 Å². The molecule has 1 aromatic rings. The summed E-state index contributed by atoms with van der Waals surface area (Å²) in [5.74, 6) is 0. The molecule has 0 aliphatic heterocycles. The van der Waals surface area contributed by atoms with Crippen LogP contribution in [0.15, 0.2) is 30.3 Å². The molecule has 1 aromatic carbocycles. The van der Waals surface area contributed by atoms with E-state index < -0.39 is 0 Å². The standard InChI is InChI=1S/C19H34N.C4H9O/c1-4-7-15-20(16-8-5-2,17-9-6-3)18-19-13-11-10-12-14-19;1-2-3-4-5/h10-14H,4-9,15-18H2,1-3H3;2-4H2,1H3/q+1;-1. The highest BCUT2D eigenvalue weighted by Crippen LogP contribution is 2.19. The van der Waals surface area contributed by atoms with E-state index in [1.54, 1.807) is 0 Å². The summed E-state index contributed by atoms with van der Waals surface area (Å²) in [6.07, 6.45) is 9.89. The van der Waals surface area contributed by atoms with Crippen LogP contribution in [-0.2, 0) is 6.54 Å². The van der Waals surface area contributed by atoms with E-state index >= 15 is 0 Å². The Labute approximate surface area is 157 Å². The van der Waals surface area contributed by atoms with Gasteiger partial charge in [-0.3, -0.25) is 0 Å². The molecule has 0 saturated heterocycles. The third kappa shape index (κ3) is 12.2. The van der Waals surface area contributed by atoms with E-state index in [9.17, 15) is 5.11 Å². The maximum absolute atomic E-state index is 9.53. The predicted molar refractivity (Wildman–Crippen MR) is 110 cm³/mol. The Kier molecular flexibility index (Phi) is 16.0. The van der Waals surface area contributed by atoms with E-state index in [0.717, 1.165) is 12.8 Å². The second-order valence-corrected chi connectivity index (χ2v) is 7.27. The summed E-state index contributed by atoms with van der Waals surface area (Å²) in [5.41, 5.74) is 1.51. The monoisotopic (exact) mass is 349 g/mol. The lowest BCUT2D eigenvalue weighted by atomic mass is 10.1. The second kappa shape index (κ2) is 16.6. The summed E-state index contributed by atoms with van der Waals surface area (Å²) >= 11 is 0. The van der Waals surface area contributed by atoms with Crippen molar-refractivity contribution in [1.82, 2.24) is 0 Å². The van der Waals surface area contributed by atoms with Crippen LogP contribution in [0.2, 0.25) is 0 Å². The lowest BCUT2D eigenvalue weighted by Crippen LogP contribution is -2.49. The number of benzene rings is 1. The third-order valence-electron chi connectivity index (χ3n) is 4.82. The van der Waals surface area contributed by atoms with Gasteiger partial charge in [-0.25, -0.2) is 0 Å². The molecule has 146 valence electrons. The minimum Gasteiger partial charge on any atom is -0.854 e. The average molecular weight is 350 g/mol. The summed E-state index contributed by atoms with van der Waals surface area (Å²) < 4.78 is 1.31. The molecule has 0 unspecified atom stereocenters. The van der Waals surface area contributed by atoms with Crippen LogP contribution in [0, 0.1) is 0 Å². The Balaban J connectivity index is 0.00000101. The number of quaternary nitrogens is 1. The number of rotatable bonds is 13. The maximum Gasteiger partial charge on any atom is 0.104 e. The molecule has 0 atom stereocenters. The van der Waals surface area contributed by atoms with E-state index in [0.29, 0.717) is 0 Å². The van der Waals surface area contributed by atoms with Gasteiger partial charge in [0.1, 0.15) is 6.54 Å².